The molecular weight excluding hydrogens is 393 g/mol. The fraction of sp³-hybridized carbons (Fsp3) is 0.278. The van der Waals surface area contributed by atoms with Gasteiger partial charge < -0.3 is 10.0 Å². The van der Waals surface area contributed by atoms with Crippen molar-refractivity contribution < 1.29 is 31.9 Å². The monoisotopic (exact) mass is 407 g/mol. The first-order valence-electron chi connectivity index (χ1n) is 7.82. The molecule has 0 aliphatic rings. The highest BCUT2D eigenvalue weighted by Gasteiger charge is 2.40. The Morgan fingerprint density at radius 2 is 1.74 bits per heavy atom. The minimum Gasteiger partial charge on any atom is -0.382 e. The van der Waals surface area contributed by atoms with E-state index in [1.807, 2.05) is 0 Å². The van der Waals surface area contributed by atoms with Gasteiger partial charge in [-0.25, -0.2) is 8.78 Å². The van der Waals surface area contributed by atoms with E-state index in [1.165, 1.54) is 0 Å². The first kappa shape index (κ1) is 21.1. The molecule has 2 aromatic carbocycles. The molecular formula is C18H15ClF5NO2. The highest BCUT2D eigenvalue weighted by atomic mass is 35.5. The molecule has 0 spiro atoms. The fourth-order valence-corrected chi connectivity index (χ4v) is 2.47. The molecule has 2 rings (SSSR count). The van der Waals surface area contributed by atoms with Crippen molar-refractivity contribution >= 4 is 17.5 Å². The fourth-order valence-electron chi connectivity index (χ4n) is 2.34. The number of carbonyl (C=O) groups is 1. The topological polar surface area (TPSA) is 40.5 Å². The third-order valence-electron chi connectivity index (χ3n) is 3.82. The number of carbonyl (C=O) groups excluding carboxylic acids is 1. The van der Waals surface area contributed by atoms with E-state index >= 15 is 0 Å². The van der Waals surface area contributed by atoms with E-state index in [4.69, 9.17) is 11.6 Å². The molecule has 0 bridgehead atoms. The maximum absolute atomic E-state index is 13.9. The molecule has 0 aromatic heterocycles. The van der Waals surface area contributed by atoms with Gasteiger partial charge in [-0.2, -0.15) is 13.2 Å². The number of nitrogens with zero attached hydrogens (tertiary/aromatic N) is 1. The van der Waals surface area contributed by atoms with E-state index < -0.39 is 41.9 Å². The number of hydrogen-bond acceptors (Lipinski definition) is 2. The van der Waals surface area contributed by atoms with Gasteiger partial charge in [0.1, 0.15) is 0 Å². The number of halogens is 6. The van der Waals surface area contributed by atoms with E-state index in [2.05, 4.69) is 0 Å². The number of alkyl halides is 3. The van der Waals surface area contributed by atoms with E-state index in [0.29, 0.717) is 15.5 Å². The molecule has 0 radical (unpaired) electrons. The van der Waals surface area contributed by atoms with Crippen LogP contribution in [0.15, 0.2) is 42.5 Å². The predicted octanol–water partition coefficient (Wildman–Crippen LogP) is 4.23. The van der Waals surface area contributed by atoms with Crippen molar-refractivity contribution in [3.05, 3.63) is 70.2 Å². The van der Waals surface area contributed by atoms with Crippen LogP contribution >= 0.6 is 11.6 Å². The summed E-state index contributed by atoms with van der Waals surface area (Å²) in [6.45, 7) is -1.35. The summed E-state index contributed by atoms with van der Waals surface area (Å²) in [7, 11) is 0. The van der Waals surface area contributed by atoms with E-state index in [0.717, 1.165) is 18.2 Å². The Kier molecular flexibility index (Phi) is 6.78. The molecule has 9 heteroatoms. The Hall–Kier alpha value is -2.19. The average molecular weight is 408 g/mol. The van der Waals surface area contributed by atoms with Crippen LogP contribution in [-0.4, -0.2) is 41.3 Å². The van der Waals surface area contributed by atoms with Crippen LogP contribution in [0.1, 0.15) is 15.9 Å². The molecule has 2 aromatic rings. The lowest BCUT2D eigenvalue weighted by atomic mass is 10.1. The molecule has 0 aliphatic heterocycles. The summed E-state index contributed by atoms with van der Waals surface area (Å²) in [5, 5.41) is 9.76. The van der Waals surface area contributed by atoms with Crippen molar-refractivity contribution in [2.24, 2.45) is 0 Å². The summed E-state index contributed by atoms with van der Waals surface area (Å²) in [6.07, 6.45) is -7.65. The zero-order valence-corrected chi connectivity index (χ0v) is 14.6. The molecule has 0 heterocycles. The summed E-state index contributed by atoms with van der Waals surface area (Å²) in [5.74, 6) is -3.90. The Balaban J connectivity index is 2.24. The summed E-state index contributed by atoms with van der Waals surface area (Å²) in [5.41, 5.74) is -0.0427. The molecule has 1 N–H and O–H groups in total. The standard InChI is InChI=1S/C18H15ClF5NO2/c19-12-6-4-11(5-7-12)8-9-25(10-15(26)18(22,23)24)17(27)13-2-1-3-14(20)16(13)21/h1-7,15,26H,8-10H2/t15-/m0/s1. The number of rotatable bonds is 6. The van der Waals surface area contributed by atoms with Crippen LogP contribution in [-0.2, 0) is 6.42 Å². The Morgan fingerprint density at radius 1 is 1.11 bits per heavy atom. The number of amides is 1. The molecule has 0 saturated heterocycles. The van der Waals surface area contributed by atoms with Crippen LogP contribution in [0.5, 0.6) is 0 Å². The molecule has 3 nitrogen and oxygen atoms in total. The minimum absolute atomic E-state index is 0.129. The molecule has 0 fully saturated rings. The van der Waals surface area contributed by atoms with Gasteiger partial charge in [-0.3, -0.25) is 4.79 Å². The lowest BCUT2D eigenvalue weighted by Crippen LogP contribution is -2.44. The molecule has 27 heavy (non-hydrogen) atoms. The van der Waals surface area contributed by atoms with Crippen LogP contribution in [0.3, 0.4) is 0 Å². The molecule has 146 valence electrons. The Morgan fingerprint density at radius 3 is 2.33 bits per heavy atom. The maximum atomic E-state index is 13.9. The SMILES string of the molecule is O=C(c1cccc(F)c1F)N(CCc1ccc(Cl)cc1)C[C@H](O)C(F)(F)F. The van der Waals surface area contributed by atoms with Crippen LogP contribution in [0.2, 0.25) is 5.02 Å². The van der Waals surface area contributed by atoms with Gasteiger partial charge in [-0.15, -0.1) is 0 Å². The second-order valence-electron chi connectivity index (χ2n) is 5.79. The lowest BCUT2D eigenvalue weighted by molar-refractivity contribution is -0.206. The summed E-state index contributed by atoms with van der Waals surface area (Å²) in [4.78, 5) is 13.1. The summed E-state index contributed by atoms with van der Waals surface area (Å²) >= 11 is 5.76. The summed E-state index contributed by atoms with van der Waals surface area (Å²) in [6, 6.07) is 9.20. The number of hydrogen-bond donors (Lipinski definition) is 1. The van der Waals surface area contributed by atoms with Gasteiger partial charge in [0.05, 0.1) is 12.1 Å². The highest BCUT2D eigenvalue weighted by Crippen LogP contribution is 2.22. The van der Waals surface area contributed by atoms with Crippen molar-refractivity contribution in [3.63, 3.8) is 0 Å². The van der Waals surface area contributed by atoms with Crippen molar-refractivity contribution in [2.75, 3.05) is 13.1 Å². The minimum atomic E-state index is -4.96. The van der Waals surface area contributed by atoms with Gasteiger partial charge in [0.25, 0.3) is 5.91 Å². The van der Waals surface area contributed by atoms with Crippen LogP contribution in [0, 0.1) is 11.6 Å². The van der Waals surface area contributed by atoms with E-state index in [9.17, 15) is 31.9 Å². The third-order valence-corrected chi connectivity index (χ3v) is 4.08. The molecule has 0 unspecified atom stereocenters. The second-order valence-corrected chi connectivity index (χ2v) is 6.22. The zero-order valence-electron chi connectivity index (χ0n) is 13.8. The van der Waals surface area contributed by atoms with Crippen molar-refractivity contribution in [1.82, 2.24) is 4.90 Å². The van der Waals surface area contributed by atoms with E-state index in [1.54, 1.807) is 24.3 Å². The van der Waals surface area contributed by atoms with Gasteiger partial charge in [-0.05, 0) is 36.2 Å². The molecule has 1 amide bonds. The number of aliphatic hydroxyl groups is 1. The quantitative estimate of drug-likeness (QED) is 0.728. The van der Waals surface area contributed by atoms with E-state index in [-0.39, 0.29) is 13.0 Å². The third kappa shape index (κ3) is 5.64. The first-order chi connectivity index (χ1) is 12.6. The maximum Gasteiger partial charge on any atom is 0.416 e. The highest BCUT2D eigenvalue weighted by molar-refractivity contribution is 6.30. The Bertz CT molecular complexity index is 795. The van der Waals surface area contributed by atoms with Gasteiger partial charge in [0.15, 0.2) is 17.7 Å². The van der Waals surface area contributed by atoms with Crippen molar-refractivity contribution in [1.29, 1.82) is 0 Å². The van der Waals surface area contributed by atoms with Gasteiger partial charge >= 0.3 is 6.18 Å². The Labute approximate surface area is 157 Å². The number of benzene rings is 2. The molecule has 0 aliphatic carbocycles. The second kappa shape index (κ2) is 8.67. The summed E-state index contributed by atoms with van der Waals surface area (Å²) < 4.78 is 65.3. The lowest BCUT2D eigenvalue weighted by Gasteiger charge is -2.26. The van der Waals surface area contributed by atoms with Gasteiger partial charge in [0, 0.05) is 11.6 Å². The van der Waals surface area contributed by atoms with Crippen molar-refractivity contribution in [2.45, 2.75) is 18.7 Å². The molecule has 0 saturated carbocycles. The average Bonchev–Trinajstić information content (AvgIpc) is 2.60. The van der Waals surface area contributed by atoms with Gasteiger partial charge in [-0.1, -0.05) is 29.8 Å². The van der Waals surface area contributed by atoms with Crippen LogP contribution < -0.4 is 0 Å². The van der Waals surface area contributed by atoms with Crippen LogP contribution in [0.25, 0.3) is 0 Å². The first-order valence-corrected chi connectivity index (χ1v) is 8.20. The zero-order chi connectivity index (χ0) is 20.2. The largest absolute Gasteiger partial charge is 0.416 e. The normalized spacial score (nSPS) is 12.7. The van der Waals surface area contributed by atoms with Gasteiger partial charge in [0.2, 0.25) is 0 Å². The smallest absolute Gasteiger partial charge is 0.382 e. The van der Waals surface area contributed by atoms with Crippen LogP contribution in [0.4, 0.5) is 22.0 Å². The molecule has 1 atom stereocenters. The predicted molar refractivity (Wildman–Crippen MR) is 89.5 cm³/mol. The van der Waals surface area contributed by atoms with Crippen molar-refractivity contribution in [3.8, 4) is 0 Å². The number of aliphatic hydroxyl groups excluding tert-OH is 1.